The molecule has 8 heteroatoms. The predicted octanol–water partition coefficient (Wildman–Crippen LogP) is 2.52. The van der Waals surface area contributed by atoms with Crippen molar-refractivity contribution in [2.75, 3.05) is 19.8 Å². The van der Waals surface area contributed by atoms with Crippen molar-refractivity contribution in [1.29, 1.82) is 0 Å². The van der Waals surface area contributed by atoms with Crippen LogP contribution in [0.25, 0.3) is 11.0 Å². The zero-order valence-electron chi connectivity index (χ0n) is 16.0. The summed E-state index contributed by atoms with van der Waals surface area (Å²) in [5.74, 6) is -1.44. The van der Waals surface area contributed by atoms with Gasteiger partial charge in [0.2, 0.25) is 0 Å². The number of hydrogen-bond acceptors (Lipinski definition) is 5. The van der Waals surface area contributed by atoms with Gasteiger partial charge < -0.3 is 20.1 Å². The van der Waals surface area contributed by atoms with E-state index >= 15 is 0 Å². The molecule has 2 heterocycles. The summed E-state index contributed by atoms with van der Waals surface area (Å²) in [5, 5.41) is 13.0. The van der Waals surface area contributed by atoms with Gasteiger partial charge in [-0.2, -0.15) is 0 Å². The van der Waals surface area contributed by atoms with Gasteiger partial charge in [0.15, 0.2) is 5.75 Å². The molecule has 1 amide bonds. The second-order valence-electron chi connectivity index (χ2n) is 6.53. The van der Waals surface area contributed by atoms with E-state index in [9.17, 15) is 19.1 Å². The summed E-state index contributed by atoms with van der Waals surface area (Å²) in [6.07, 6.45) is 2.62. The molecule has 3 aromatic rings. The van der Waals surface area contributed by atoms with Gasteiger partial charge in [0.25, 0.3) is 11.5 Å². The fourth-order valence-corrected chi connectivity index (χ4v) is 2.96. The number of aromatic amines is 1. The third kappa shape index (κ3) is 4.97. The summed E-state index contributed by atoms with van der Waals surface area (Å²) in [6, 6.07) is 7.75. The fraction of sp³-hybridized carbons (Fsp3) is 0.286. The van der Waals surface area contributed by atoms with E-state index in [1.54, 1.807) is 24.4 Å². The number of nitrogens with one attached hydrogen (secondary N) is 2. The molecule has 3 N–H and O–H groups in total. The molecule has 0 saturated heterocycles. The molecular formula is C21H22FN3O4. The maximum Gasteiger partial charge on any atom is 0.265 e. The van der Waals surface area contributed by atoms with Crippen LogP contribution in [0.3, 0.4) is 0 Å². The van der Waals surface area contributed by atoms with Gasteiger partial charge in [-0.1, -0.05) is 12.1 Å². The molecule has 0 aliphatic rings. The highest BCUT2D eigenvalue weighted by Crippen LogP contribution is 2.24. The lowest BCUT2D eigenvalue weighted by Crippen LogP contribution is -2.31. The van der Waals surface area contributed by atoms with Gasteiger partial charge in [0.1, 0.15) is 16.9 Å². The van der Waals surface area contributed by atoms with Crippen molar-refractivity contribution in [2.45, 2.75) is 19.8 Å². The van der Waals surface area contributed by atoms with Crippen LogP contribution in [0.5, 0.6) is 5.75 Å². The van der Waals surface area contributed by atoms with E-state index in [0.717, 1.165) is 11.1 Å². The standard InChI is InChI=1S/C21H22FN3O4/c1-2-29-9-3-8-23-20(27)17-19(26)18-16(25-21(17)28)11-14(12-24-18)10-13-4-6-15(22)7-5-13/h4-7,11-12H,2-3,8-10H2,1H3,(H,23,27)(H2,25,26,28). The lowest BCUT2D eigenvalue weighted by atomic mass is 10.1. The summed E-state index contributed by atoms with van der Waals surface area (Å²) in [4.78, 5) is 31.5. The van der Waals surface area contributed by atoms with Crippen LogP contribution in [0.4, 0.5) is 4.39 Å². The van der Waals surface area contributed by atoms with Crippen LogP contribution in [-0.4, -0.2) is 40.7 Å². The number of H-pyrrole nitrogens is 1. The molecule has 0 spiro atoms. The lowest BCUT2D eigenvalue weighted by molar-refractivity contribution is 0.0940. The van der Waals surface area contributed by atoms with Crippen LogP contribution in [-0.2, 0) is 11.2 Å². The second-order valence-corrected chi connectivity index (χ2v) is 6.53. The molecule has 0 radical (unpaired) electrons. The minimum absolute atomic E-state index is 0.131. The molecule has 1 aromatic carbocycles. The maximum absolute atomic E-state index is 13.0. The number of halogens is 1. The Morgan fingerprint density at radius 3 is 2.76 bits per heavy atom. The smallest absolute Gasteiger partial charge is 0.265 e. The molecule has 0 aliphatic heterocycles. The summed E-state index contributed by atoms with van der Waals surface area (Å²) in [7, 11) is 0. The van der Waals surface area contributed by atoms with E-state index in [1.807, 2.05) is 6.92 Å². The Morgan fingerprint density at radius 2 is 2.03 bits per heavy atom. The molecule has 2 aromatic heterocycles. The molecule has 0 unspecified atom stereocenters. The van der Waals surface area contributed by atoms with Crippen LogP contribution < -0.4 is 10.9 Å². The first kappa shape index (κ1) is 20.5. The van der Waals surface area contributed by atoms with Gasteiger partial charge in [-0.3, -0.25) is 14.6 Å². The molecule has 152 valence electrons. The Balaban J connectivity index is 1.81. The Hall–Kier alpha value is -3.26. The number of benzene rings is 1. The van der Waals surface area contributed by atoms with Gasteiger partial charge in [-0.25, -0.2) is 4.39 Å². The van der Waals surface area contributed by atoms with Gasteiger partial charge in [0.05, 0.1) is 5.52 Å². The first-order valence-electron chi connectivity index (χ1n) is 9.34. The van der Waals surface area contributed by atoms with Crippen LogP contribution in [0.2, 0.25) is 0 Å². The van der Waals surface area contributed by atoms with Gasteiger partial charge in [-0.15, -0.1) is 0 Å². The number of rotatable bonds is 8. The van der Waals surface area contributed by atoms with Gasteiger partial charge in [0, 0.05) is 26.0 Å². The number of nitrogens with zero attached hydrogens (tertiary/aromatic N) is 1. The van der Waals surface area contributed by atoms with Crippen LogP contribution >= 0.6 is 0 Å². The van der Waals surface area contributed by atoms with E-state index in [0.29, 0.717) is 38.1 Å². The zero-order chi connectivity index (χ0) is 20.8. The Kier molecular flexibility index (Phi) is 6.56. The first-order valence-corrected chi connectivity index (χ1v) is 9.34. The fourth-order valence-electron chi connectivity index (χ4n) is 2.96. The first-order chi connectivity index (χ1) is 14.0. The monoisotopic (exact) mass is 399 g/mol. The Morgan fingerprint density at radius 1 is 1.28 bits per heavy atom. The van der Waals surface area contributed by atoms with Crippen molar-refractivity contribution in [3.63, 3.8) is 0 Å². The summed E-state index contributed by atoms with van der Waals surface area (Å²) < 4.78 is 18.2. The quantitative estimate of drug-likeness (QED) is 0.505. The summed E-state index contributed by atoms with van der Waals surface area (Å²) in [6.45, 7) is 3.28. The highest BCUT2D eigenvalue weighted by atomic mass is 19.1. The lowest BCUT2D eigenvalue weighted by Gasteiger charge is -2.09. The minimum atomic E-state index is -0.696. The number of pyridine rings is 2. The van der Waals surface area contributed by atoms with Crippen LogP contribution in [0, 0.1) is 5.82 Å². The van der Waals surface area contributed by atoms with E-state index in [1.165, 1.54) is 12.1 Å². The van der Waals surface area contributed by atoms with Crippen LogP contribution in [0.15, 0.2) is 41.3 Å². The number of carbonyl (C=O) groups is 1. The minimum Gasteiger partial charge on any atom is -0.505 e. The number of carbonyl (C=O) groups excluding carboxylic acids is 1. The number of hydrogen-bond donors (Lipinski definition) is 3. The molecule has 0 saturated carbocycles. The van der Waals surface area contributed by atoms with E-state index in [4.69, 9.17) is 4.74 Å². The maximum atomic E-state index is 13.0. The molecule has 0 atom stereocenters. The second kappa shape index (κ2) is 9.29. The number of aromatic hydroxyl groups is 1. The third-order valence-electron chi connectivity index (χ3n) is 4.38. The number of aromatic nitrogens is 2. The Labute approximate surface area is 166 Å². The molecule has 3 rings (SSSR count). The van der Waals surface area contributed by atoms with E-state index in [-0.39, 0.29) is 16.9 Å². The average Bonchev–Trinajstić information content (AvgIpc) is 2.69. The van der Waals surface area contributed by atoms with E-state index in [2.05, 4.69) is 15.3 Å². The molecule has 0 fully saturated rings. The highest BCUT2D eigenvalue weighted by Gasteiger charge is 2.20. The zero-order valence-corrected chi connectivity index (χ0v) is 16.0. The third-order valence-corrected chi connectivity index (χ3v) is 4.38. The predicted molar refractivity (Wildman–Crippen MR) is 107 cm³/mol. The topological polar surface area (TPSA) is 104 Å². The van der Waals surface area contributed by atoms with Crippen molar-refractivity contribution >= 4 is 16.9 Å². The van der Waals surface area contributed by atoms with Crippen molar-refractivity contribution in [3.8, 4) is 5.75 Å². The normalized spacial score (nSPS) is 11.0. The SMILES string of the molecule is CCOCCCNC(=O)c1c(O)c2ncc(Cc3ccc(F)cc3)cc2[nH]c1=O. The van der Waals surface area contributed by atoms with E-state index < -0.39 is 17.2 Å². The molecule has 29 heavy (non-hydrogen) atoms. The highest BCUT2D eigenvalue weighted by molar-refractivity contribution is 6.01. The molecule has 0 bridgehead atoms. The number of ether oxygens (including phenoxy) is 1. The largest absolute Gasteiger partial charge is 0.505 e. The summed E-state index contributed by atoms with van der Waals surface area (Å²) >= 11 is 0. The van der Waals surface area contributed by atoms with Crippen molar-refractivity contribution in [3.05, 3.63) is 69.4 Å². The number of amides is 1. The van der Waals surface area contributed by atoms with Gasteiger partial charge >= 0.3 is 0 Å². The summed E-state index contributed by atoms with van der Waals surface area (Å²) in [5.41, 5.74) is 1.03. The molecular weight excluding hydrogens is 377 g/mol. The number of fused-ring (bicyclic) bond motifs is 1. The molecule has 0 aliphatic carbocycles. The average molecular weight is 399 g/mol. The van der Waals surface area contributed by atoms with Crippen molar-refractivity contribution < 1.29 is 19.0 Å². The van der Waals surface area contributed by atoms with Crippen LogP contribution in [0.1, 0.15) is 34.8 Å². The van der Waals surface area contributed by atoms with Gasteiger partial charge in [-0.05, 0) is 49.1 Å². The van der Waals surface area contributed by atoms with Crippen molar-refractivity contribution in [2.24, 2.45) is 0 Å². The van der Waals surface area contributed by atoms with Crippen molar-refractivity contribution in [1.82, 2.24) is 15.3 Å². The molecule has 7 nitrogen and oxygen atoms in total. The Bertz CT molecular complexity index is 1060.